The van der Waals surface area contributed by atoms with Crippen molar-refractivity contribution in [2.75, 3.05) is 13.7 Å². The molecule has 0 saturated carbocycles. The molecular formula is C19H25N3O6. The number of nitrogens with two attached hydrogens (primary N) is 2. The van der Waals surface area contributed by atoms with Gasteiger partial charge in [-0.1, -0.05) is 0 Å². The van der Waals surface area contributed by atoms with Crippen molar-refractivity contribution in [3.05, 3.63) is 33.7 Å². The van der Waals surface area contributed by atoms with E-state index in [1.807, 2.05) is 0 Å². The molecule has 0 bridgehead atoms. The Hall–Kier alpha value is -2.78. The molecule has 1 aromatic heterocycles. The second-order valence-corrected chi connectivity index (χ2v) is 7.35. The number of aliphatic hydroxyl groups excluding tert-OH is 1. The molecule has 2 aromatic rings. The molecule has 0 amide bonds. The zero-order valence-corrected chi connectivity index (χ0v) is 16.1. The highest BCUT2D eigenvalue weighted by molar-refractivity contribution is 5.87. The van der Waals surface area contributed by atoms with Gasteiger partial charge in [0, 0.05) is 37.1 Å². The average Bonchev–Trinajstić information content (AvgIpc) is 3.03. The number of hydrogen-bond donors (Lipinski definition) is 4. The van der Waals surface area contributed by atoms with Gasteiger partial charge in [0.2, 0.25) is 0 Å². The molecule has 3 rings (SSSR count). The van der Waals surface area contributed by atoms with E-state index in [0.29, 0.717) is 23.5 Å². The Kier molecular flexibility index (Phi) is 5.22. The van der Waals surface area contributed by atoms with Crippen LogP contribution < -0.4 is 26.4 Å². The molecule has 0 saturated heterocycles. The number of aliphatic hydroxyl groups is 2. The number of hydrogen-bond acceptors (Lipinski definition) is 7. The summed E-state index contributed by atoms with van der Waals surface area (Å²) in [6.07, 6.45) is -0.941. The molecule has 1 aliphatic heterocycles. The van der Waals surface area contributed by atoms with E-state index >= 15 is 0 Å². The minimum absolute atomic E-state index is 0.0778. The lowest BCUT2D eigenvalue weighted by Crippen LogP contribution is -2.39. The largest absolute Gasteiger partial charge is 0.495 e. The molecule has 9 nitrogen and oxygen atoms in total. The van der Waals surface area contributed by atoms with Crippen molar-refractivity contribution < 1.29 is 24.1 Å². The van der Waals surface area contributed by atoms with Gasteiger partial charge in [-0.05, 0) is 13.8 Å². The van der Waals surface area contributed by atoms with Crippen LogP contribution in [0.3, 0.4) is 0 Å². The normalized spacial score (nSPS) is 17.1. The Bertz CT molecular complexity index is 972. The van der Waals surface area contributed by atoms with Crippen LogP contribution in [0.15, 0.2) is 26.3 Å². The van der Waals surface area contributed by atoms with Gasteiger partial charge in [-0.15, -0.1) is 0 Å². The molecule has 0 fully saturated rings. The van der Waals surface area contributed by atoms with Crippen molar-refractivity contribution >= 4 is 16.9 Å². The summed E-state index contributed by atoms with van der Waals surface area (Å²) in [4.78, 5) is 16.5. The lowest BCUT2D eigenvalue weighted by molar-refractivity contribution is -0.0229. The third-order valence-electron chi connectivity index (χ3n) is 4.73. The van der Waals surface area contributed by atoms with Crippen LogP contribution in [0.2, 0.25) is 0 Å². The molecule has 0 radical (unpaired) electrons. The first-order chi connectivity index (χ1) is 13.1. The maximum Gasteiger partial charge on any atom is 0.196 e. The second kappa shape index (κ2) is 7.33. The minimum Gasteiger partial charge on any atom is -0.495 e. The lowest BCUT2D eigenvalue weighted by Gasteiger charge is -2.24. The molecule has 28 heavy (non-hydrogen) atoms. The van der Waals surface area contributed by atoms with Gasteiger partial charge in [-0.3, -0.25) is 9.79 Å². The molecule has 152 valence electrons. The van der Waals surface area contributed by atoms with Gasteiger partial charge in [-0.25, -0.2) is 0 Å². The standard InChI is InChI=1S/C19H25N3O6/c1-19(2,25)15-6-9-12(28-15)8-14-16(17(9)26-3)11(24)7-13(27-14)10(23)4-5-22-18(20)21/h7-8,10,15,23,25H,4-6H2,1-3H3,(H4,20,21,22). The van der Waals surface area contributed by atoms with Crippen molar-refractivity contribution in [1.82, 2.24) is 0 Å². The Morgan fingerprint density at radius 1 is 1.43 bits per heavy atom. The van der Waals surface area contributed by atoms with E-state index < -0.39 is 17.8 Å². The highest BCUT2D eigenvalue weighted by Crippen LogP contribution is 2.43. The first-order valence-corrected chi connectivity index (χ1v) is 8.92. The maximum atomic E-state index is 12.7. The van der Waals surface area contributed by atoms with Gasteiger partial charge in [-0.2, -0.15) is 0 Å². The number of rotatable bonds is 6. The average molecular weight is 391 g/mol. The number of guanidine groups is 1. The summed E-state index contributed by atoms with van der Waals surface area (Å²) >= 11 is 0. The molecule has 2 unspecified atom stereocenters. The summed E-state index contributed by atoms with van der Waals surface area (Å²) in [5.74, 6) is 0.856. The van der Waals surface area contributed by atoms with Crippen molar-refractivity contribution in [2.24, 2.45) is 16.5 Å². The van der Waals surface area contributed by atoms with Crippen LogP contribution in [0.4, 0.5) is 0 Å². The molecule has 9 heteroatoms. The zero-order chi connectivity index (χ0) is 20.6. The Morgan fingerprint density at radius 2 is 2.14 bits per heavy atom. The topological polar surface area (TPSA) is 154 Å². The van der Waals surface area contributed by atoms with E-state index in [2.05, 4.69) is 4.99 Å². The maximum absolute atomic E-state index is 12.7. The van der Waals surface area contributed by atoms with Crippen LogP contribution in [0.25, 0.3) is 11.0 Å². The second-order valence-electron chi connectivity index (χ2n) is 7.35. The van der Waals surface area contributed by atoms with Gasteiger partial charge < -0.3 is 35.6 Å². The van der Waals surface area contributed by atoms with E-state index in [0.717, 1.165) is 0 Å². The first-order valence-electron chi connectivity index (χ1n) is 8.92. The summed E-state index contributed by atoms with van der Waals surface area (Å²) in [6.45, 7) is 3.50. The van der Waals surface area contributed by atoms with Crippen LogP contribution >= 0.6 is 0 Å². The van der Waals surface area contributed by atoms with Crippen molar-refractivity contribution in [2.45, 2.75) is 44.5 Å². The third-order valence-corrected chi connectivity index (χ3v) is 4.73. The van der Waals surface area contributed by atoms with Crippen LogP contribution in [0, 0.1) is 0 Å². The van der Waals surface area contributed by atoms with Crippen molar-refractivity contribution in [3.63, 3.8) is 0 Å². The van der Waals surface area contributed by atoms with Crippen LogP contribution in [0.1, 0.15) is 37.7 Å². The number of nitrogens with zero attached hydrogens (tertiary/aromatic N) is 1. The van der Waals surface area contributed by atoms with E-state index in [1.165, 1.54) is 13.2 Å². The molecule has 2 atom stereocenters. The highest BCUT2D eigenvalue weighted by atomic mass is 16.5. The van der Waals surface area contributed by atoms with Crippen LogP contribution in [-0.2, 0) is 6.42 Å². The van der Waals surface area contributed by atoms with Crippen LogP contribution in [-0.4, -0.2) is 41.5 Å². The fourth-order valence-corrected chi connectivity index (χ4v) is 3.25. The monoisotopic (exact) mass is 391 g/mol. The van der Waals surface area contributed by atoms with Gasteiger partial charge >= 0.3 is 0 Å². The summed E-state index contributed by atoms with van der Waals surface area (Å²) in [5, 5.41) is 20.8. The Morgan fingerprint density at radius 3 is 2.75 bits per heavy atom. The zero-order valence-electron chi connectivity index (χ0n) is 16.1. The number of ether oxygens (including phenoxy) is 2. The fourth-order valence-electron chi connectivity index (χ4n) is 3.25. The van der Waals surface area contributed by atoms with E-state index in [9.17, 15) is 15.0 Å². The number of fused-ring (bicyclic) bond motifs is 2. The van der Waals surface area contributed by atoms with Gasteiger partial charge in [0.25, 0.3) is 0 Å². The number of methoxy groups -OCH3 is 1. The van der Waals surface area contributed by atoms with Crippen molar-refractivity contribution in [3.8, 4) is 11.5 Å². The number of benzene rings is 1. The molecule has 2 heterocycles. The van der Waals surface area contributed by atoms with Gasteiger partial charge in [0.15, 0.2) is 11.4 Å². The predicted octanol–water partition coefficient (Wildman–Crippen LogP) is 0.573. The van der Waals surface area contributed by atoms with Crippen LogP contribution in [0.5, 0.6) is 11.5 Å². The minimum atomic E-state index is -1.07. The van der Waals surface area contributed by atoms with E-state index in [-0.39, 0.29) is 41.1 Å². The van der Waals surface area contributed by atoms with E-state index in [4.69, 9.17) is 25.4 Å². The Balaban J connectivity index is 2.03. The third kappa shape index (κ3) is 3.76. The van der Waals surface area contributed by atoms with E-state index in [1.54, 1.807) is 19.9 Å². The smallest absolute Gasteiger partial charge is 0.196 e. The number of aliphatic imine (C=N–C) groups is 1. The molecule has 6 N–H and O–H groups in total. The molecule has 0 aliphatic carbocycles. The highest BCUT2D eigenvalue weighted by Gasteiger charge is 2.37. The van der Waals surface area contributed by atoms with Crippen molar-refractivity contribution in [1.29, 1.82) is 0 Å². The lowest BCUT2D eigenvalue weighted by atomic mass is 9.96. The summed E-state index contributed by atoms with van der Waals surface area (Å²) < 4.78 is 17.1. The predicted molar refractivity (Wildman–Crippen MR) is 104 cm³/mol. The Labute approximate surface area is 161 Å². The quantitative estimate of drug-likeness (QED) is 0.412. The van der Waals surface area contributed by atoms with Gasteiger partial charge in [0.05, 0.1) is 12.7 Å². The molecule has 0 spiro atoms. The summed E-state index contributed by atoms with van der Waals surface area (Å²) in [7, 11) is 1.46. The summed E-state index contributed by atoms with van der Waals surface area (Å²) in [6, 6.07) is 2.83. The summed E-state index contributed by atoms with van der Waals surface area (Å²) in [5.41, 5.74) is 10.1. The fraction of sp³-hybridized carbons (Fsp3) is 0.474. The molecular weight excluding hydrogens is 366 g/mol. The molecule has 1 aromatic carbocycles. The molecule has 1 aliphatic rings. The SMILES string of the molecule is COc1c2c(cc3oc(C(O)CCN=C(N)N)cc(=O)c13)OC(C(C)(C)O)C2. The first kappa shape index (κ1) is 20.0. The van der Waals surface area contributed by atoms with Gasteiger partial charge in [0.1, 0.15) is 40.4 Å².